The van der Waals surface area contributed by atoms with Crippen molar-refractivity contribution in [2.45, 2.75) is 124 Å². The van der Waals surface area contributed by atoms with E-state index in [1.54, 1.807) is 0 Å². The van der Waals surface area contributed by atoms with Crippen LogP contribution in [-0.2, 0) is 4.79 Å². The summed E-state index contributed by atoms with van der Waals surface area (Å²) in [5.41, 5.74) is 0. The largest absolute Gasteiger partial charge is 0.354 e. The Morgan fingerprint density at radius 3 is 1.78 bits per heavy atom. The molecule has 0 aliphatic carbocycles. The van der Waals surface area contributed by atoms with Crippen LogP contribution in [0.25, 0.3) is 0 Å². The molecule has 0 aliphatic heterocycles. The lowest BCUT2D eigenvalue weighted by Crippen LogP contribution is -2.32. The van der Waals surface area contributed by atoms with Gasteiger partial charge in [-0.15, -0.1) is 0 Å². The maximum atomic E-state index is 11.9. The van der Waals surface area contributed by atoms with Crippen molar-refractivity contribution in [1.82, 2.24) is 5.32 Å². The average Bonchev–Trinajstić information content (AvgIpc) is 2.48. The van der Waals surface area contributed by atoms with Crippen LogP contribution in [-0.4, -0.2) is 11.9 Å². The van der Waals surface area contributed by atoms with Crippen molar-refractivity contribution in [1.29, 1.82) is 0 Å². The van der Waals surface area contributed by atoms with E-state index in [0.29, 0.717) is 12.5 Å². The fraction of sp³-hybridized carbons (Fsp3) is 0.952. The molecule has 1 amide bonds. The van der Waals surface area contributed by atoms with Gasteiger partial charge in [-0.25, -0.2) is 0 Å². The molecule has 0 bridgehead atoms. The predicted octanol–water partition coefficient (Wildman–Crippen LogP) is 6.63. The minimum Gasteiger partial charge on any atom is -0.354 e. The van der Waals surface area contributed by atoms with Gasteiger partial charge >= 0.3 is 0 Å². The Bertz CT molecular complexity index is 263. The predicted molar refractivity (Wildman–Crippen MR) is 103 cm³/mol. The van der Waals surface area contributed by atoms with Crippen LogP contribution in [0.2, 0.25) is 0 Å². The number of rotatable bonds is 16. The second-order valence-electron chi connectivity index (χ2n) is 7.73. The Hall–Kier alpha value is -0.530. The summed E-state index contributed by atoms with van der Waals surface area (Å²) < 4.78 is 0. The summed E-state index contributed by atoms with van der Waals surface area (Å²) in [5, 5.41) is 3.15. The molecule has 0 aromatic carbocycles. The molecule has 0 saturated heterocycles. The molecule has 0 aromatic rings. The molecule has 2 nitrogen and oxygen atoms in total. The second kappa shape index (κ2) is 16.3. The lowest BCUT2D eigenvalue weighted by Gasteiger charge is -2.14. The quantitative estimate of drug-likeness (QED) is 0.317. The summed E-state index contributed by atoms with van der Waals surface area (Å²) >= 11 is 0. The van der Waals surface area contributed by atoms with Crippen LogP contribution in [0.1, 0.15) is 118 Å². The van der Waals surface area contributed by atoms with Crippen LogP contribution in [0.4, 0.5) is 0 Å². The van der Waals surface area contributed by atoms with Gasteiger partial charge in [0.05, 0.1) is 0 Å². The van der Waals surface area contributed by atoms with Crippen LogP contribution in [0.5, 0.6) is 0 Å². The minimum atomic E-state index is 0.251. The molecule has 0 spiro atoms. The van der Waals surface area contributed by atoms with Crippen molar-refractivity contribution >= 4 is 5.91 Å². The molecule has 1 N–H and O–H groups in total. The third-order valence-electron chi connectivity index (χ3n) is 4.58. The molecular weight excluding hydrogens is 282 g/mol. The van der Waals surface area contributed by atoms with Gasteiger partial charge in [-0.1, -0.05) is 91.4 Å². The zero-order valence-electron chi connectivity index (χ0n) is 16.5. The Balaban J connectivity index is 3.32. The third-order valence-corrected chi connectivity index (χ3v) is 4.58. The Labute approximate surface area is 146 Å². The maximum absolute atomic E-state index is 11.9. The highest BCUT2D eigenvalue weighted by Gasteiger charge is 2.07. The highest BCUT2D eigenvalue weighted by molar-refractivity contribution is 5.76. The number of hydrogen-bond donors (Lipinski definition) is 1. The summed E-state index contributed by atoms with van der Waals surface area (Å²) in [5.74, 6) is 1.02. The molecule has 2 heteroatoms. The van der Waals surface area contributed by atoms with Gasteiger partial charge < -0.3 is 5.32 Å². The first-order valence-electron chi connectivity index (χ1n) is 10.4. The molecule has 0 rings (SSSR count). The number of carbonyl (C=O) groups excluding carboxylic acids is 1. The lowest BCUT2D eigenvalue weighted by molar-refractivity contribution is -0.121. The minimum absolute atomic E-state index is 0.251. The monoisotopic (exact) mass is 325 g/mol. The van der Waals surface area contributed by atoms with Gasteiger partial charge in [-0.2, -0.15) is 0 Å². The molecule has 1 unspecified atom stereocenters. The van der Waals surface area contributed by atoms with E-state index in [-0.39, 0.29) is 5.91 Å². The van der Waals surface area contributed by atoms with Gasteiger partial charge in [0.25, 0.3) is 0 Å². The molecular formula is C21H43NO. The van der Waals surface area contributed by atoms with E-state index in [0.717, 1.165) is 18.8 Å². The summed E-state index contributed by atoms with van der Waals surface area (Å²) in [6.07, 6.45) is 17.5. The lowest BCUT2D eigenvalue weighted by atomic mass is 10.0. The van der Waals surface area contributed by atoms with E-state index in [1.165, 1.54) is 70.6 Å². The standard InChI is InChI=1S/C21H43NO/c1-5-6-7-8-9-10-11-12-13-14-18-21(23)22-20(4)17-15-16-19(2)3/h19-20H,5-18H2,1-4H3,(H,22,23). The molecule has 0 aliphatic rings. The Morgan fingerprint density at radius 1 is 0.739 bits per heavy atom. The third kappa shape index (κ3) is 17.7. The molecule has 0 radical (unpaired) electrons. The van der Waals surface area contributed by atoms with Gasteiger partial charge in [-0.05, 0) is 25.7 Å². The number of hydrogen-bond acceptors (Lipinski definition) is 1. The van der Waals surface area contributed by atoms with Crippen LogP contribution < -0.4 is 5.32 Å². The molecule has 0 heterocycles. The van der Waals surface area contributed by atoms with Crippen molar-refractivity contribution < 1.29 is 4.79 Å². The fourth-order valence-electron chi connectivity index (χ4n) is 3.02. The normalized spacial score (nSPS) is 12.6. The van der Waals surface area contributed by atoms with Crippen molar-refractivity contribution in [2.75, 3.05) is 0 Å². The highest BCUT2D eigenvalue weighted by atomic mass is 16.1. The van der Waals surface area contributed by atoms with Gasteiger partial charge in [0, 0.05) is 12.5 Å². The van der Waals surface area contributed by atoms with E-state index in [1.807, 2.05) is 0 Å². The SMILES string of the molecule is CCCCCCCCCCCCC(=O)NC(C)CCCC(C)C. The Morgan fingerprint density at radius 2 is 1.26 bits per heavy atom. The molecule has 0 saturated carbocycles. The first-order chi connectivity index (χ1) is 11.1. The smallest absolute Gasteiger partial charge is 0.220 e. The highest BCUT2D eigenvalue weighted by Crippen LogP contribution is 2.12. The molecule has 0 fully saturated rings. The van der Waals surface area contributed by atoms with Crippen molar-refractivity contribution in [3.8, 4) is 0 Å². The number of nitrogens with one attached hydrogen (secondary N) is 1. The van der Waals surface area contributed by atoms with Crippen molar-refractivity contribution in [3.63, 3.8) is 0 Å². The molecule has 0 aromatic heterocycles. The molecule has 1 atom stereocenters. The van der Waals surface area contributed by atoms with E-state index in [9.17, 15) is 4.79 Å². The van der Waals surface area contributed by atoms with Crippen molar-refractivity contribution in [3.05, 3.63) is 0 Å². The van der Waals surface area contributed by atoms with Crippen LogP contribution in [0.3, 0.4) is 0 Å². The fourth-order valence-corrected chi connectivity index (χ4v) is 3.02. The first-order valence-corrected chi connectivity index (χ1v) is 10.4. The van der Waals surface area contributed by atoms with Crippen LogP contribution in [0, 0.1) is 5.92 Å². The van der Waals surface area contributed by atoms with Gasteiger partial charge in [-0.3, -0.25) is 4.79 Å². The van der Waals surface area contributed by atoms with Crippen LogP contribution in [0.15, 0.2) is 0 Å². The van der Waals surface area contributed by atoms with Crippen molar-refractivity contribution in [2.24, 2.45) is 5.92 Å². The summed E-state index contributed by atoms with van der Waals surface area (Å²) in [4.78, 5) is 11.9. The molecule has 138 valence electrons. The van der Waals surface area contributed by atoms with Gasteiger partial charge in [0.2, 0.25) is 5.91 Å². The molecule has 23 heavy (non-hydrogen) atoms. The summed E-state index contributed by atoms with van der Waals surface area (Å²) in [6, 6.07) is 0.337. The number of amides is 1. The van der Waals surface area contributed by atoms with E-state index >= 15 is 0 Å². The maximum Gasteiger partial charge on any atom is 0.220 e. The zero-order chi connectivity index (χ0) is 17.3. The number of carbonyl (C=O) groups is 1. The Kier molecular flexibility index (Phi) is 16.0. The first kappa shape index (κ1) is 22.5. The van der Waals surface area contributed by atoms with E-state index in [2.05, 4.69) is 33.0 Å². The second-order valence-corrected chi connectivity index (χ2v) is 7.73. The zero-order valence-corrected chi connectivity index (χ0v) is 16.5. The van der Waals surface area contributed by atoms with Gasteiger partial charge in [0.15, 0.2) is 0 Å². The topological polar surface area (TPSA) is 29.1 Å². The summed E-state index contributed by atoms with van der Waals surface area (Å²) in [7, 11) is 0. The van der Waals surface area contributed by atoms with E-state index in [4.69, 9.17) is 0 Å². The average molecular weight is 326 g/mol. The number of unbranched alkanes of at least 4 members (excludes halogenated alkanes) is 9. The van der Waals surface area contributed by atoms with Gasteiger partial charge in [0.1, 0.15) is 0 Å². The summed E-state index contributed by atoms with van der Waals surface area (Å²) in [6.45, 7) is 8.92. The van der Waals surface area contributed by atoms with Crippen LogP contribution >= 0.6 is 0 Å². The van der Waals surface area contributed by atoms with E-state index < -0.39 is 0 Å².